The molecule has 0 amide bonds. The van der Waals surface area contributed by atoms with Crippen molar-refractivity contribution in [3.8, 4) is 0 Å². The summed E-state index contributed by atoms with van der Waals surface area (Å²) in [5.41, 5.74) is 0.219. The topological polar surface area (TPSA) is 69.7 Å². The first-order valence-corrected chi connectivity index (χ1v) is 16.2. The first-order valence-electron chi connectivity index (χ1n) is 11.9. The number of ether oxygens (including phenoxy) is 1. The Balaban J connectivity index is 3.55. The molecule has 0 saturated heterocycles. The minimum absolute atomic E-state index is 0.0467. The van der Waals surface area contributed by atoms with Gasteiger partial charge >= 0.3 is 190 Å². The maximum absolute atomic E-state index is 13.6. The first-order chi connectivity index (χ1) is 14.7. The second-order valence-electron chi connectivity index (χ2n) is 8.71. The van der Waals surface area contributed by atoms with Crippen LogP contribution in [0.5, 0.6) is 0 Å². The Labute approximate surface area is 190 Å². The Kier molecular flexibility index (Phi) is 11.7. The van der Waals surface area contributed by atoms with Crippen LogP contribution in [0.15, 0.2) is 29.2 Å². The van der Waals surface area contributed by atoms with Crippen molar-refractivity contribution in [1.29, 1.82) is 0 Å². The molecule has 0 aliphatic rings. The van der Waals surface area contributed by atoms with E-state index in [1.54, 1.807) is 12.1 Å². The SMILES string of the molecule is CCCCP(CCCC)(CCCC)(CCCC)OS(=O)(=O)c1cccc(C(=O)OC)c1. The van der Waals surface area contributed by atoms with E-state index in [1.807, 2.05) is 0 Å². The van der Waals surface area contributed by atoms with Crippen LogP contribution in [0.2, 0.25) is 0 Å². The molecule has 1 aromatic rings. The van der Waals surface area contributed by atoms with Crippen LogP contribution in [-0.4, -0.2) is 46.1 Å². The van der Waals surface area contributed by atoms with E-state index in [4.69, 9.17) is 8.71 Å². The van der Waals surface area contributed by atoms with E-state index in [9.17, 15) is 13.2 Å². The zero-order valence-electron chi connectivity index (χ0n) is 20.2. The molecule has 0 radical (unpaired) electrons. The fourth-order valence-corrected chi connectivity index (χ4v) is 14.3. The van der Waals surface area contributed by atoms with Crippen LogP contribution in [0.1, 0.15) is 89.4 Å². The van der Waals surface area contributed by atoms with Crippen molar-refractivity contribution in [2.75, 3.05) is 31.8 Å². The van der Waals surface area contributed by atoms with E-state index < -0.39 is 22.9 Å². The van der Waals surface area contributed by atoms with Gasteiger partial charge < -0.3 is 0 Å². The summed E-state index contributed by atoms with van der Waals surface area (Å²) in [6.07, 6.45) is 11.4. The normalized spacial score (nSPS) is 13.5. The van der Waals surface area contributed by atoms with Crippen LogP contribution in [-0.2, 0) is 18.8 Å². The third-order valence-electron chi connectivity index (χ3n) is 6.16. The van der Waals surface area contributed by atoms with Gasteiger partial charge in [-0.2, -0.15) is 0 Å². The van der Waals surface area contributed by atoms with Crippen molar-refractivity contribution in [3.05, 3.63) is 29.8 Å². The molecule has 5 nitrogen and oxygen atoms in total. The van der Waals surface area contributed by atoms with E-state index in [-0.39, 0.29) is 10.5 Å². The quantitative estimate of drug-likeness (QED) is 0.194. The maximum atomic E-state index is 13.6. The fraction of sp³-hybridized carbons (Fsp3) is 0.708. The third kappa shape index (κ3) is 7.83. The molecule has 1 rings (SSSR count). The van der Waals surface area contributed by atoms with Crippen molar-refractivity contribution in [3.63, 3.8) is 0 Å². The predicted molar refractivity (Wildman–Crippen MR) is 132 cm³/mol. The standard InChI is InChI=1S/C24H43O5PS/c1-6-10-17-30(18-11-7-2,19-12-8-3,20-13-9-4)29-31(26,27)23-16-14-15-22(21-23)24(25)28-5/h14-16,21H,6-13,17-20H2,1-5H3. The number of hydrogen-bond acceptors (Lipinski definition) is 5. The summed E-state index contributed by atoms with van der Waals surface area (Å²) in [5, 5.41) is 0. The number of methoxy groups -OCH3 is 1. The van der Waals surface area contributed by atoms with Gasteiger partial charge in [0.2, 0.25) is 0 Å². The molecular weight excluding hydrogens is 431 g/mol. The first kappa shape index (κ1) is 28.1. The fourth-order valence-electron chi connectivity index (χ4n) is 4.27. The molecule has 0 aromatic heterocycles. The molecule has 1 aromatic carbocycles. The molecule has 0 aliphatic carbocycles. The van der Waals surface area contributed by atoms with E-state index >= 15 is 0 Å². The molecule has 0 bridgehead atoms. The van der Waals surface area contributed by atoms with Gasteiger partial charge in [0.25, 0.3) is 0 Å². The summed E-state index contributed by atoms with van der Waals surface area (Å²) in [7, 11) is -2.72. The number of esters is 1. The molecule has 31 heavy (non-hydrogen) atoms. The van der Waals surface area contributed by atoms with Crippen LogP contribution in [0.3, 0.4) is 0 Å². The Morgan fingerprint density at radius 1 is 0.839 bits per heavy atom. The third-order valence-corrected chi connectivity index (χ3v) is 15.3. The summed E-state index contributed by atoms with van der Waals surface area (Å²) in [6.45, 7) is 5.60. The molecule has 0 heterocycles. The van der Waals surface area contributed by atoms with Crippen LogP contribution in [0, 0.1) is 0 Å². The van der Waals surface area contributed by atoms with Crippen molar-refractivity contribution in [2.45, 2.75) is 84.0 Å². The van der Waals surface area contributed by atoms with Gasteiger partial charge in [0, 0.05) is 0 Å². The number of benzene rings is 1. The van der Waals surface area contributed by atoms with Gasteiger partial charge in [-0.1, -0.05) is 0 Å². The summed E-state index contributed by atoms with van der Waals surface area (Å²) in [4.78, 5) is 12.0. The summed E-state index contributed by atoms with van der Waals surface area (Å²) < 4.78 is 38.6. The van der Waals surface area contributed by atoms with Crippen molar-refractivity contribution < 1.29 is 21.9 Å². The molecule has 0 N–H and O–H groups in total. The van der Waals surface area contributed by atoms with Gasteiger partial charge in [-0.05, 0) is 0 Å². The van der Waals surface area contributed by atoms with E-state index in [2.05, 4.69) is 27.7 Å². The van der Waals surface area contributed by atoms with Gasteiger partial charge in [-0.25, -0.2) is 0 Å². The van der Waals surface area contributed by atoms with Crippen molar-refractivity contribution in [1.82, 2.24) is 0 Å². The number of carbonyl (C=O) groups excluding carboxylic acids is 1. The van der Waals surface area contributed by atoms with Gasteiger partial charge in [0.15, 0.2) is 0 Å². The molecule has 180 valence electrons. The predicted octanol–water partition coefficient (Wildman–Crippen LogP) is 6.85. The molecular formula is C24H43O5PS. The number of carbonyl (C=O) groups is 1. The minimum atomic E-state index is -4.01. The molecule has 0 atom stereocenters. The molecule has 0 aliphatic heterocycles. The van der Waals surface area contributed by atoms with Crippen LogP contribution >= 0.6 is 6.83 Å². The Bertz CT molecular complexity index is 747. The summed E-state index contributed by atoms with van der Waals surface area (Å²) in [6, 6.07) is 6.04. The van der Waals surface area contributed by atoms with E-state index in [1.165, 1.54) is 19.2 Å². The Morgan fingerprint density at radius 3 is 1.68 bits per heavy atom. The second-order valence-corrected chi connectivity index (χ2v) is 16.2. The van der Waals surface area contributed by atoms with Gasteiger partial charge in [0.1, 0.15) is 0 Å². The van der Waals surface area contributed by atoms with E-state index in [0.717, 1.165) is 76.0 Å². The van der Waals surface area contributed by atoms with Gasteiger partial charge in [-0.15, -0.1) is 0 Å². The van der Waals surface area contributed by atoms with Crippen LogP contribution < -0.4 is 0 Å². The number of rotatable bonds is 16. The molecule has 7 heteroatoms. The van der Waals surface area contributed by atoms with Crippen molar-refractivity contribution in [2.24, 2.45) is 0 Å². The summed E-state index contributed by atoms with van der Waals surface area (Å²) >= 11 is 0. The van der Waals surface area contributed by atoms with Crippen molar-refractivity contribution >= 4 is 22.9 Å². The molecule has 0 unspecified atom stereocenters. The molecule has 0 saturated carbocycles. The van der Waals surface area contributed by atoms with Gasteiger partial charge in [-0.3, -0.25) is 0 Å². The summed E-state index contributed by atoms with van der Waals surface area (Å²) in [5.74, 6) is -0.552. The van der Waals surface area contributed by atoms with Crippen LogP contribution in [0.4, 0.5) is 0 Å². The molecule has 0 fully saturated rings. The number of unbranched alkanes of at least 4 members (excludes halogenated alkanes) is 4. The zero-order valence-corrected chi connectivity index (χ0v) is 21.9. The second kappa shape index (κ2) is 12.9. The monoisotopic (exact) mass is 474 g/mol. The zero-order chi connectivity index (χ0) is 23.4. The van der Waals surface area contributed by atoms with Gasteiger partial charge in [0.05, 0.1) is 0 Å². The average molecular weight is 475 g/mol. The molecule has 0 spiro atoms. The van der Waals surface area contributed by atoms with Crippen LogP contribution in [0.25, 0.3) is 0 Å². The van der Waals surface area contributed by atoms with E-state index in [0.29, 0.717) is 0 Å². The Morgan fingerprint density at radius 2 is 1.29 bits per heavy atom. The average Bonchev–Trinajstić information content (AvgIpc) is 2.78. The number of hydrogen-bond donors (Lipinski definition) is 0. The Hall–Kier alpha value is -0.970.